The lowest BCUT2D eigenvalue weighted by Crippen LogP contribution is -2.75. The first-order valence-corrected chi connectivity index (χ1v) is 9.34. The molecular weight excluding hydrogens is 284 g/mol. The molecule has 5 heteroatoms. The van der Waals surface area contributed by atoms with Crippen molar-refractivity contribution in [2.75, 3.05) is 18.1 Å². The molecule has 0 spiro atoms. The summed E-state index contributed by atoms with van der Waals surface area (Å²) in [5.74, 6) is 2.44. The van der Waals surface area contributed by atoms with Gasteiger partial charge in [0.15, 0.2) is 0 Å². The molecule has 0 bridgehead atoms. The molecule has 21 heavy (non-hydrogen) atoms. The highest BCUT2D eigenvalue weighted by atomic mass is 32.2. The zero-order valence-corrected chi connectivity index (χ0v) is 14.5. The second-order valence-electron chi connectivity index (χ2n) is 6.32. The van der Waals surface area contributed by atoms with Crippen molar-refractivity contribution in [1.29, 1.82) is 0 Å². The number of nitrogens with one attached hydrogen (secondary N) is 1. The van der Waals surface area contributed by atoms with Crippen molar-refractivity contribution in [3.05, 3.63) is 0 Å². The fourth-order valence-corrected chi connectivity index (χ4v) is 4.11. The Bertz CT molecular complexity index is 419. The zero-order valence-electron chi connectivity index (χ0n) is 13.7. The first-order chi connectivity index (χ1) is 9.96. The Morgan fingerprint density at radius 1 is 1.24 bits per heavy atom. The van der Waals surface area contributed by atoms with Crippen LogP contribution < -0.4 is 5.32 Å². The summed E-state index contributed by atoms with van der Waals surface area (Å²) in [6.07, 6.45) is 3.45. The summed E-state index contributed by atoms with van der Waals surface area (Å²) < 4.78 is 0. The summed E-state index contributed by atoms with van der Waals surface area (Å²) in [5.41, 5.74) is -1.33. The molecule has 1 N–H and O–H groups in total. The topological polar surface area (TPSA) is 49.4 Å². The molecule has 0 aromatic heterocycles. The molecule has 120 valence electrons. The highest BCUT2D eigenvalue weighted by molar-refractivity contribution is 7.99. The van der Waals surface area contributed by atoms with E-state index in [0.29, 0.717) is 25.3 Å². The van der Waals surface area contributed by atoms with Crippen molar-refractivity contribution in [3.8, 4) is 0 Å². The Kier molecular flexibility index (Phi) is 4.91. The van der Waals surface area contributed by atoms with Crippen LogP contribution >= 0.6 is 11.8 Å². The van der Waals surface area contributed by atoms with Crippen LogP contribution in [0.15, 0.2) is 0 Å². The summed E-state index contributed by atoms with van der Waals surface area (Å²) in [6, 6.07) is 0. The van der Waals surface area contributed by atoms with E-state index in [2.05, 4.69) is 12.2 Å². The summed E-state index contributed by atoms with van der Waals surface area (Å²) in [4.78, 5) is 27.8. The molecule has 1 unspecified atom stereocenters. The number of carbonyl (C=O) groups excluding carboxylic acids is 2. The van der Waals surface area contributed by atoms with Crippen LogP contribution in [0.2, 0.25) is 0 Å². The monoisotopic (exact) mass is 312 g/mol. The standard InChI is InChI=1S/C16H28N2O2S/c1-5-16(6-2)13(19)17-15(4,12-8-9-12)14(20)18(16)10-11-21-7-3/h12H,5-11H2,1-4H3,(H,17,19). The van der Waals surface area contributed by atoms with Crippen molar-refractivity contribution in [2.45, 2.75) is 64.5 Å². The molecule has 1 saturated heterocycles. The van der Waals surface area contributed by atoms with Crippen LogP contribution in [0, 0.1) is 5.92 Å². The Morgan fingerprint density at radius 2 is 1.86 bits per heavy atom. The van der Waals surface area contributed by atoms with Crippen LogP contribution in [0.1, 0.15) is 53.4 Å². The number of piperazine rings is 1. The van der Waals surface area contributed by atoms with E-state index < -0.39 is 11.1 Å². The third-order valence-corrected chi connectivity index (χ3v) is 6.11. The van der Waals surface area contributed by atoms with Gasteiger partial charge < -0.3 is 10.2 Å². The SMILES string of the molecule is CCSCCN1C(=O)C(C)(C2CC2)NC(=O)C1(CC)CC. The van der Waals surface area contributed by atoms with E-state index in [-0.39, 0.29) is 11.8 Å². The lowest BCUT2D eigenvalue weighted by Gasteiger charge is -2.51. The van der Waals surface area contributed by atoms with E-state index in [1.807, 2.05) is 37.4 Å². The number of hydrogen-bond donors (Lipinski definition) is 1. The molecule has 1 aliphatic heterocycles. The molecular formula is C16H28N2O2S. The van der Waals surface area contributed by atoms with Gasteiger partial charge in [-0.1, -0.05) is 20.8 Å². The number of hydrogen-bond acceptors (Lipinski definition) is 3. The summed E-state index contributed by atoms with van der Waals surface area (Å²) >= 11 is 1.83. The summed E-state index contributed by atoms with van der Waals surface area (Å²) in [5, 5.41) is 3.08. The van der Waals surface area contributed by atoms with E-state index in [4.69, 9.17) is 0 Å². The van der Waals surface area contributed by atoms with E-state index in [1.54, 1.807) is 0 Å². The van der Waals surface area contributed by atoms with Gasteiger partial charge in [0.05, 0.1) is 0 Å². The van der Waals surface area contributed by atoms with Gasteiger partial charge >= 0.3 is 0 Å². The highest BCUT2D eigenvalue weighted by Crippen LogP contribution is 2.44. The average Bonchev–Trinajstić information content (AvgIpc) is 3.30. The molecule has 1 aliphatic carbocycles. The zero-order chi connectivity index (χ0) is 15.7. The quantitative estimate of drug-likeness (QED) is 0.735. The number of rotatable bonds is 7. The maximum Gasteiger partial charge on any atom is 0.249 e. The van der Waals surface area contributed by atoms with Crippen molar-refractivity contribution in [2.24, 2.45) is 5.92 Å². The normalized spacial score (nSPS) is 28.7. The Hall–Kier alpha value is -0.710. The Balaban J connectivity index is 2.29. The fourth-order valence-electron chi connectivity index (χ4n) is 3.51. The number of amides is 2. The summed E-state index contributed by atoms with van der Waals surface area (Å²) in [7, 11) is 0. The predicted molar refractivity (Wildman–Crippen MR) is 87.3 cm³/mol. The molecule has 1 heterocycles. The van der Waals surface area contributed by atoms with Crippen molar-refractivity contribution in [1.82, 2.24) is 10.2 Å². The number of nitrogens with zero attached hydrogens (tertiary/aromatic N) is 1. The minimum absolute atomic E-state index is 0.0444. The maximum absolute atomic E-state index is 13.1. The molecule has 1 saturated carbocycles. The maximum atomic E-state index is 13.1. The molecule has 0 aromatic rings. The van der Waals surface area contributed by atoms with Crippen LogP contribution in [0.4, 0.5) is 0 Å². The molecule has 2 rings (SSSR count). The Labute approximate surface area is 132 Å². The molecule has 2 fully saturated rings. The smallest absolute Gasteiger partial charge is 0.249 e. The lowest BCUT2D eigenvalue weighted by molar-refractivity contribution is -0.164. The van der Waals surface area contributed by atoms with Gasteiger partial charge in [0.1, 0.15) is 11.1 Å². The average molecular weight is 312 g/mol. The van der Waals surface area contributed by atoms with Gasteiger partial charge in [0.2, 0.25) is 11.8 Å². The molecule has 0 aromatic carbocycles. The van der Waals surface area contributed by atoms with Gasteiger partial charge in [-0.3, -0.25) is 9.59 Å². The van der Waals surface area contributed by atoms with Crippen molar-refractivity contribution in [3.63, 3.8) is 0 Å². The van der Waals surface area contributed by atoms with Gasteiger partial charge in [0.25, 0.3) is 0 Å². The summed E-state index contributed by atoms with van der Waals surface area (Å²) in [6.45, 7) is 8.73. The largest absolute Gasteiger partial charge is 0.340 e. The molecule has 4 nitrogen and oxygen atoms in total. The highest BCUT2D eigenvalue weighted by Gasteiger charge is 2.59. The third kappa shape index (κ3) is 2.69. The van der Waals surface area contributed by atoms with Crippen LogP contribution in [0.25, 0.3) is 0 Å². The Morgan fingerprint density at radius 3 is 2.33 bits per heavy atom. The van der Waals surface area contributed by atoms with Gasteiger partial charge in [-0.15, -0.1) is 0 Å². The third-order valence-electron chi connectivity index (χ3n) is 5.23. The van der Waals surface area contributed by atoms with Crippen molar-refractivity contribution >= 4 is 23.6 Å². The first-order valence-electron chi connectivity index (χ1n) is 8.18. The molecule has 2 aliphatic rings. The fraction of sp³-hybridized carbons (Fsp3) is 0.875. The lowest BCUT2D eigenvalue weighted by atomic mass is 9.80. The van der Waals surface area contributed by atoms with Crippen LogP contribution in [-0.2, 0) is 9.59 Å². The van der Waals surface area contributed by atoms with Gasteiger partial charge in [-0.2, -0.15) is 11.8 Å². The second kappa shape index (κ2) is 6.19. The van der Waals surface area contributed by atoms with E-state index in [9.17, 15) is 9.59 Å². The van der Waals surface area contributed by atoms with Gasteiger partial charge in [-0.25, -0.2) is 0 Å². The molecule has 2 amide bonds. The number of carbonyl (C=O) groups is 2. The van der Waals surface area contributed by atoms with Crippen molar-refractivity contribution < 1.29 is 9.59 Å². The van der Waals surface area contributed by atoms with E-state index in [1.165, 1.54) is 0 Å². The number of thioether (sulfide) groups is 1. The predicted octanol–water partition coefficient (Wildman–Crippen LogP) is 2.43. The van der Waals surface area contributed by atoms with E-state index >= 15 is 0 Å². The van der Waals surface area contributed by atoms with Gasteiger partial charge in [0, 0.05) is 12.3 Å². The van der Waals surface area contributed by atoms with Crippen LogP contribution in [0.3, 0.4) is 0 Å². The minimum Gasteiger partial charge on any atom is -0.340 e. The van der Waals surface area contributed by atoms with Gasteiger partial charge in [-0.05, 0) is 44.3 Å². The van der Waals surface area contributed by atoms with E-state index in [0.717, 1.165) is 24.3 Å². The van der Waals surface area contributed by atoms with Crippen LogP contribution in [0.5, 0.6) is 0 Å². The first kappa shape index (κ1) is 16.7. The minimum atomic E-state index is -0.679. The second-order valence-corrected chi connectivity index (χ2v) is 7.72. The van der Waals surface area contributed by atoms with Crippen LogP contribution in [-0.4, -0.2) is 45.8 Å². The molecule has 0 radical (unpaired) electrons. The molecule has 1 atom stereocenters.